The van der Waals surface area contributed by atoms with Crippen molar-refractivity contribution in [3.63, 3.8) is 0 Å². The third kappa shape index (κ3) is 1.64. The number of fused-ring (bicyclic) bond motifs is 1. The molecule has 0 saturated carbocycles. The molecule has 2 aromatic rings. The first kappa shape index (κ1) is 10.5. The minimum Gasteiger partial charge on any atom is -0.384 e. The van der Waals surface area contributed by atoms with Crippen LogP contribution in [0.15, 0.2) is 36.4 Å². The van der Waals surface area contributed by atoms with Crippen molar-refractivity contribution < 1.29 is 0 Å². The summed E-state index contributed by atoms with van der Waals surface area (Å²) in [6.07, 6.45) is 1.10. The molecule has 82 valence electrons. The van der Waals surface area contributed by atoms with Crippen molar-refractivity contribution in [3.8, 4) is 11.1 Å². The Bertz CT molecular complexity index is 575. The van der Waals surface area contributed by atoms with Gasteiger partial charge in [0.05, 0.1) is 0 Å². The predicted octanol–water partition coefficient (Wildman–Crippen LogP) is 2.42. The maximum Gasteiger partial charge on any atom is 0.114 e. The quantitative estimate of drug-likeness (QED) is 0.726. The van der Waals surface area contributed by atoms with Gasteiger partial charge in [0, 0.05) is 12.2 Å². The predicted molar refractivity (Wildman–Crippen MR) is 74.2 cm³/mol. The van der Waals surface area contributed by atoms with Crippen molar-refractivity contribution in [1.29, 1.82) is 0 Å². The Morgan fingerprint density at radius 2 is 1.82 bits per heavy atom. The molecule has 0 aliphatic carbocycles. The average molecular weight is 219 g/mol. The molecule has 2 aromatic carbocycles. The highest BCUT2D eigenvalue weighted by Crippen LogP contribution is 2.33. The maximum absolute atomic E-state index is 5.99. The van der Waals surface area contributed by atoms with E-state index in [1.807, 2.05) is 12.1 Å². The molecular weight excluding hydrogens is 205 g/mol. The summed E-state index contributed by atoms with van der Waals surface area (Å²) in [5, 5.41) is 3.41. The number of benzene rings is 2. The molecule has 1 aliphatic heterocycles. The largest absolute Gasteiger partial charge is 0.384 e. The number of hydrogen-bond donors (Lipinski definition) is 1. The smallest absolute Gasteiger partial charge is 0.114 e. The second kappa shape index (κ2) is 3.95. The molecule has 3 rings (SSSR count). The highest BCUT2D eigenvalue weighted by Gasteiger charge is 2.15. The highest BCUT2D eigenvalue weighted by molar-refractivity contribution is 6.33. The molecule has 0 amide bonds. The van der Waals surface area contributed by atoms with Crippen molar-refractivity contribution in [3.05, 3.63) is 47.5 Å². The van der Waals surface area contributed by atoms with Crippen LogP contribution in [-0.4, -0.2) is 14.4 Å². The van der Waals surface area contributed by atoms with E-state index < -0.39 is 0 Å². The van der Waals surface area contributed by atoms with Gasteiger partial charge >= 0.3 is 0 Å². The lowest BCUT2D eigenvalue weighted by Gasteiger charge is -2.12. The normalized spacial score (nSPS) is 13.2. The Kier molecular flexibility index (Phi) is 2.43. The summed E-state index contributed by atoms with van der Waals surface area (Å²) < 4.78 is 0. The zero-order chi connectivity index (χ0) is 11.8. The van der Waals surface area contributed by atoms with E-state index >= 15 is 0 Å². The van der Waals surface area contributed by atoms with Gasteiger partial charge in [-0.1, -0.05) is 41.4 Å². The van der Waals surface area contributed by atoms with E-state index in [2.05, 4.69) is 36.5 Å². The van der Waals surface area contributed by atoms with Crippen LogP contribution in [-0.2, 0) is 6.42 Å². The van der Waals surface area contributed by atoms with Gasteiger partial charge in [-0.2, -0.15) is 0 Å². The standard InChI is InChI=1S/C15H14BN/c1-10-11(4-2-6-14(10)16)12-5-3-7-15-13(12)8-9-17-15/h2-7,17H,8-9H2,1H3. The Hall–Kier alpha value is -1.70. The molecule has 1 nitrogen and oxygen atoms in total. The highest BCUT2D eigenvalue weighted by atomic mass is 14.9. The Labute approximate surface area is 103 Å². The summed E-state index contributed by atoms with van der Waals surface area (Å²) in [6.45, 7) is 3.13. The molecule has 1 N–H and O–H groups in total. The van der Waals surface area contributed by atoms with E-state index in [4.69, 9.17) is 7.85 Å². The van der Waals surface area contributed by atoms with Crippen molar-refractivity contribution in [2.75, 3.05) is 11.9 Å². The summed E-state index contributed by atoms with van der Waals surface area (Å²) in [5.74, 6) is 0. The van der Waals surface area contributed by atoms with Gasteiger partial charge in [-0.05, 0) is 36.1 Å². The zero-order valence-electron chi connectivity index (χ0n) is 9.96. The zero-order valence-corrected chi connectivity index (χ0v) is 9.96. The summed E-state index contributed by atoms with van der Waals surface area (Å²) in [4.78, 5) is 0. The molecule has 2 heteroatoms. The van der Waals surface area contributed by atoms with Crippen LogP contribution in [0.25, 0.3) is 11.1 Å². The van der Waals surface area contributed by atoms with Gasteiger partial charge in [-0.25, -0.2) is 0 Å². The first-order chi connectivity index (χ1) is 8.27. The fourth-order valence-electron chi connectivity index (χ4n) is 2.54. The number of anilines is 1. The molecule has 1 aliphatic rings. The monoisotopic (exact) mass is 219 g/mol. The molecule has 0 unspecified atom stereocenters. The van der Waals surface area contributed by atoms with Crippen LogP contribution in [0.3, 0.4) is 0 Å². The molecular formula is C15H14BN. The first-order valence-corrected chi connectivity index (χ1v) is 5.98. The summed E-state index contributed by atoms with van der Waals surface area (Å²) in [5.41, 5.74) is 7.30. The van der Waals surface area contributed by atoms with Gasteiger partial charge < -0.3 is 5.32 Å². The summed E-state index contributed by atoms with van der Waals surface area (Å²) in [7, 11) is 5.99. The van der Waals surface area contributed by atoms with E-state index in [9.17, 15) is 0 Å². The van der Waals surface area contributed by atoms with E-state index in [1.54, 1.807) is 0 Å². The van der Waals surface area contributed by atoms with Crippen molar-refractivity contribution >= 4 is 19.0 Å². The van der Waals surface area contributed by atoms with Gasteiger partial charge in [0.1, 0.15) is 7.85 Å². The Balaban J connectivity index is 2.23. The molecule has 0 saturated heterocycles. The SMILES string of the molecule is [B]c1cccc(-c2cccc3c2CCN3)c1C. The summed E-state index contributed by atoms with van der Waals surface area (Å²) >= 11 is 0. The lowest BCUT2D eigenvalue weighted by Crippen LogP contribution is -2.07. The molecule has 2 radical (unpaired) electrons. The van der Waals surface area contributed by atoms with Crippen LogP contribution < -0.4 is 10.8 Å². The first-order valence-electron chi connectivity index (χ1n) is 5.98. The van der Waals surface area contributed by atoms with Crippen LogP contribution in [0, 0.1) is 6.92 Å². The van der Waals surface area contributed by atoms with Gasteiger partial charge in [0.15, 0.2) is 0 Å². The molecule has 0 atom stereocenters. The average Bonchev–Trinajstić information content (AvgIpc) is 2.81. The van der Waals surface area contributed by atoms with E-state index in [-0.39, 0.29) is 0 Å². The second-order valence-electron chi connectivity index (χ2n) is 4.53. The van der Waals surface area contributed by atoms with Gasteiger partial charge in [0.2, 0.25) is 0 Å². The third-order valence-corrected chi connectivity index (χ3v) is 3.53. The van der Waals surface area contributed by atoms with Crippen LogP contribution in [0.5, 0.6) is 0 Å². The van der Waals surface area contributed by atoms with E-state index in [0.29, 0.717) is 0 Å². The van der Waals surface area contributed by atoms with Crippen molar-refractivity contribution in [2.24, 2.45) is 0 Å². The van der Waals surface area contributed by atoms with E-state index in [1.165, 1.54) is 27.9 Å². The molecule has 17 heavy (non-hydrogen) atoms. The van der Waals surface area contributed by atoms with Crippen LogP contribution in [0.4, 0.5) is 5.69 Å². The minimum absolute atomic E-state index is 0.867. The lowest BCUT2D eigenvalue weighted by molar-refractivity contribution is 1.11. The van der Waals surface area contributed by atoms with Crippen LogP contribution in [0.2, 0.25) is 0 Å². The Morgan fingerprint density at radius 1 is 1.06 bits per heavy atom. The molecule has 1 heterocycles. The van der Waals surface area contributed by atoms with E-state index in [0.717, 1.165) is 18.4 Å². The molecule has 0 aromatic heterocycles. The number of rotatable bonds is 1. The molecule has 0 spiro atoms. The molecule has 0 bridgehead atoms. The number of nitrogens with one attached hydrogen (secondary N) is 1. The minimum atomic E-state index is 0.867. The van der Waals surface area contributed by atoms with Gasteiger partial charge in [-0.3, -0.25) is 0 Å². The number of hydrogen-bond acceptors (Lipinski definition) is 1. The topological polar surface area (TPSA) is 12.0 Å². The Morgan fingerprint density at radius 3 is 2.71 bits per heavy atom. The third-order valence-electron chi connectivity index (χ3n) is 3.53. The van der Waals surface area contributed by atoms with Crippen molar-refractivity contribution in [1.82, 2.24) is 0 Å². The lowest BCUT2D eigenvalue weighted by atomic mass is 9.85. The summed E-state index contributed by atoms with van der Waals surface area (Å²) in [6, 6.07) is 12.6. The molecule has 0 fully saturated rings. The van der Waals surface area contributed by atoms with Gasteiger partial charge in [-0.15, -0.1) is 0 Å². The second-order valence-corrected chi connectivity index (χ2v) is 4.53. The van der Waals surface area contributed by atoms with Crippen LogP contribution >= 0.6 is 0 Å². The fourth-order valence-corrected chi connectivity index (χ4v) is 2.54. The van der Waals surface area contributed by atoms with Crippen molar-refractivity contribution in [2.45, 2.75) is 13.3 Å². The maximum atomic E-state index is 5.99. The fraction of sp³-hybridized carbons (Fsp3) is 0.200. The van der Waals surface area contributed by atoms with Gasteiger partial charge in [0.25, 0.3) is 0 Å². The van der Waals surface area contributed by atoms with Crippen LogP contribution in [0.1, 0.15) is 11.1 Å².